The zero-order valence-electron chi connectivity index (χ0n) is 16.0. The van der Waals surface area contributed by atoms with Crippen LogP contribution in [-0.2, 0) is 4.79 Å². The van der Waals surface area contributed by atoms with Gasteiger partial charge in [0.1, 0.15) is 11.5 Å². The summed E-state index contributed by atoms with van der Waals surface area (Å²) in [5.74, 6) is 1.70. The molecule has 3 heterocycles. The maximum atomic E-state index is 11.5. The molecule has 4 rings (SSSR count). The lowest BCUT2D eigenvalue weighted by molar-refractivity contribution is -0.119. The highest BCUT2D eigenvalue weighted by Crippen LogP contribution is 2.32. The number of carbonyl (C=O) groups is 1. The van der Waals surface area contributed by atoms with Crippen LogP contribution in [0.3, 0.4) is 0 Å². The smallest absolute Gasteiger partial charge is 0.217 e. The Hall–Kier alpha value is -2.89. The number of H-pyrrole nitrogens is 1. The Labute approximate surface area is 159 Å². The van der Waals surface area contributed by atoms with Crippen molar-refractivity contribution >= 4 is 22.8 Å². The van der Waals surface area contributed by atoms with Gasteiger partial charge in [-0.1, -0.05) is 30.3 Å². The Kier molecular flexibility index (Phi) is 4.56. The quantitative estimate of drug-likeness (QED) is 0.748. The van der Waals surface area contributed by atoms with Crippen LogP contribution in [0.2, 0.25) is 0 Å². The number of piperidine rings is 1. The molecule has 6 heteroatoms. The number of aromatic nitrogens is 3. The van der Waals surface area contributed by atoms with Crippen molar-refractivity contribution in [3.05, 3.63) is 41.6 Å². The van der Waals surface area contributed by atoms with Gasteiger partial charge in [0.25, 0.3) is 0 Å². The maximum absolute atomic E-state index is 11.5. The summed E-state index contributed by atoms with van der Waals surface area (Å²) in [6, 6.07) is 10.2. The maximum Gasteiger partial charge on any atom is 0.217 e. The SMILES string of the molecule is CC(=O)N[C@H]1CCCN(c2nc(-c3ccccc3)nc3[nH]c(C)c(C)c23)C1. The molecule has 1 fully saturated rings. The third kappa shape index (κ3) is 3.39. The van der Waals surface area contributed by atoms with Gasteiger partial charge in [0, 0.05) is 37.3 Å². The highest BCUT2D eigenvalue weighted by Gasteiger charge is 2.25. The second-order valence-corrected chi connectivity index (χ2v) is 7.32. The lowest BCUT2D eigenvalue weighted by Crippen LogP contribution is -2.47. The number of carbonyl (C=O) groups excluding carboxylic acids is 1. The molecule has 6 nitrogen and oxygen atoms in total. The van der Waals surface area contributed by atoms with E-state index in [1.165, 1.54) is 5.56 Å². The number of benzene rings is 1. The van der Waals surface area contributed by atoms with Crippen LogP contribution in [0.4, 0.5) is 5.82 Å². The number of fused-ring (bicyclic) bond motifs is 1. The number of nitrogens with zero attached hydrogens (tertiary/aromatic N) is 3. The summed E-state index contributed by atoms with van der Waals surface area (Å²) >= 11 is 0. The topological polar surface area (TPSA) is 73.9 Å². The number of amides is 1. The number of anilines is 1. The summed E-state index contributed by atoms with van der Waals surface area (Å²) in [7, 11) is 0. The Morgan fingerprint density at radius 3 is 2.74 bits per heavy atom. The molecule has 3 aromatic rings. The predicted octanol–water partition coefficient (Wildman–Crippen LogP) is 3.35. The van der Waals surface area contributed by atoms with E-state index in [4.69, 9.17) is 9.97 Å². The summed E-state index contributed by atoms with van der Waals surface area (Å²) in [6.07, 6.45) is 2.03. The van der Waals surface area contributed by atoms with E-state index in [-0.39, 0.29) is 11.9 Å². The number of hydrogen-bond acceptors (Lipinski definition) is 4. The molecule has 0 aliphatic carbocycles. The first kappa shape index (κ1) is 17.5. The number of rotatable bonds is 3. The Morgan fingerprint density at radius 2 is 2.00 bits per heavy atom. The monoisotopic (exact) mass is 363 g/mol. The van der Waals surface area contributed by atoms with Crippen LogP contribution >= 0.6 is 0 Å². The van der Waals surface area contributed by atoms with Gasteiger partial charge in [-0.25, -0.2) is 9.97 Å². The third-order valence-electron chi connectivity index (χ3n) is 5.29. The molecule has 0 unspecified atom stereocenters. The normalized spacial score (nSPS) is 17.3. The van der Waals surface area contributed by atoms with Crippen molar-refractivity contribution in [1.29, 1.82) is 0 Å². The lowest BCUT2D eigenvalue weighted by atomic mass is 10.0. The summed E-state index contributed by atoms with van der Waals surface area (Å²) in [4.78, 5) is 27.0. The number of hydrogen-bond donors (Lipinski definition) is 2. The van der Waals surface area contributed by atoms with Gasteiger partial charge in [0.15, 0.2) is 5.82 Å². The van der Waals surface area contributed by atoms with Crippen LogP contribution in [0.15, 0.2) is 30.3 Å². The summed E-state index contributed by atoms with van der Waals surface area (Å²) in [5, 5.41) is 4.14. The van der Waals surface area contributed by atoms with E-state index in [9.17, 15) is 4.79 Å². The lowest BCUT2D eigenvalue weighted by Gasteiger charge is -2.34. The minimum absolute atomic E-state index is 0.0216. The largest absolute Gasteiger partial charge is 0.354 e. The first-order chi connectivity index (χ1) is 13.0. The van der Waals surface area contributed by atoms with Gasteiger partial charge in [0.2, 0.25) is 5.91 Å². The summed E-state index contributed by atoms with van der Waals surface area (Å²) in [6.45, 7) is 7.45. The van der Waals surface area contributed by atoms with E-state index in [2.05, 4.69) is 29.0 Å². The van der Waals surface area contributed by atoms with E-state index in [1.54, 1.807) is 6.92 Å². The number of aromatic amines is 1. The zero-order chi connectivity index (χ0) is 19.0. The Morgan fingerprint density at radius 1 is 1.22 bits per heavy atom. The molecular formula is C21H25N5O. The first-order valence-corrected chi connectivity index (χ1v) is 9.47. The number of nitrogens with one attached hydrogen (secondary N) is 2. The standard InChI is InChI=1S/C21H25N5O/c1-13-14(2)22-20-18(13)21(25-19(24-20)16-8-5-4-6-9-16)26-11-7-10-17(12-26)23-15(3)27/h4-6,8-9,17H,7,10-12H2,1-3H3,(H,23,27)(H,22,24,25)/t17-/m0/s1. The average Bonchev–Trinajstić information content (AvgIpc) is 2.95. The second kappa shape index (κ2) is 7.02. The van der Waals surface area contributed by atoms with E-state index < -0.39 is 0 Å². The molecule has 1 aromatic carbocycles. The predicted molar refractivity (Wildman–Crippen MR) is 108 cm³/mol. The molecule has 0 bridgehead atoms. The van der Waals surface area contributed by atoms with Gasteiger partial charge in [-0.3, -0.25) is 4.79 Å². The van der Waals surface area contributed by atoms with Gasteiger partial charge < -0.3 is 15.2 Å². The van der Waals surface area contributed by atoms with Gasteiger partial charge >= 0.3 is 0 Å². The molecule has 1 aliphatic heterocycles. The van der Waals surface area contributed by atoms with Crippen LogP contribution in [-0.4, -0.2) is 40.0 Å². The van der Waals surface area contributed by atoms with Gasteiger partial charge in [0.05, 0.1) is 5.39 Å². The van der Waals surface area contributed by atoms with Crippen molar-refractivity contribution in [3.8, 4) is 11.4 Å². The van der Waals surface area contributed by atoms with Crippen LogP contribution in [0.5, 0.6) is 0 Å². The number of aryl methyl sites for hydroxylation is 2. The van der Waals surface area contributed by atoms with E-state index in [1.807, 2.05) is 30.3 Å². The van der Waals surface area contributed by atoms with Crippen molar-refractivity contribution in [2.45, 2.75) is 39.7 Å². The van der Waals surface area contributed by atoms with E-state index in [0.717, 1.165) is 59.9 Å². The molecule has 2 N–H and O–H groups in total. The molecule has 140 valence electrons. The second-order valence-electron chi connectivity index (χ2n) is 7.32. The van der Waals surface area contributed by atoms with Crippen molar-refractivity contribution in [2.75, 3.05) is 18.0 Å². The minimum atomic E-state index is 0.0216. The van der Waals surface area contributed by atoms with E-state index >= 15 is 0 Å². The van der Waals surface area contributed by atoms with Crippen molar-refractivity contribution in [1.82, 2.24) is 20.3 Å². The third-order valence-corrected chi connectivity index (χ3v) is 5.29. The van der Waals surface area contributed by atoms with Crippen molar-refractivity contribution in [2.24, 2.45) is 0 Å². The molecule has 27 heavy (non-hydrogen) atoms. The summed E-state index contributed by atoms with van der Waals surface area (Å²) < 4.78 is 0. The van der Waals surface area contributed by atoms with Crippen LogP contribution in [0, 0.1) is 13.8 Å². The molecule has 1 amide bonds. The van der Waals surface area contributed by atoms with Gasteiger partial charge in [-0.15, -0.1) is 0 Å². The Balaban J connectivity index is 1.81. The fraction of sp³-hybridized carbons (Fsp3) is 0.381. The van der Waals surface area contributed by atoms with Crippen LogP contribution in [0.1, 0.15) is 31.0 Å². The Bertz CT molecular complexity index is 979. The minimum Gasteiger partial charge on any atom is -0.354 e. The molecule has 0 saturated carbocycles. The van der Waals surface area contributed by atoms with Crippen LogP contribution < -0.4 is 10.2 Å². The fourth-order valence-corrected chi connectivity index (χ4v) is 3.86. The molecule has 1 saturated heterocycles. The van der Waals surface area contributed by atoms with Gasteiger partial charge in [-0.05, 0) is 32.3 Å². The average molecular weight is 363 g/mol. The molecule has 2 aromatic heterocycles. The fourth-order valence-electron chi connectivity index (χ4n) is 3.86. The molecule has 0 radical (unpaired) electrons. The first-order valence-electron chi connectivity index (χ1n) is 9.47. The highest BCUT2D eigenvalue weighted by molar-refractivity contribution is 5.93. The zero-order valence-corrected chi connectivity index (χ0v) is 16.0. The molecular weight excluding hydrogens is 338 g/mol. The van der Waals surface area contributed by atoms with E-state index in [0.29, 0.717) is 0 Å². The van der Waals surface area contributed by atoms with Crippen molar-refractivity contribution < 1.29 is 4.79 Å². The van der Waals surface area contributed by atoms with Gasteiger partial charge in [-0.2, -0.15) is 0 Å². The highest BCUT2D eigenvalue weighted by atomic mass is 16.1. The summed E-state index contributed by atoms with van der Waals surface area (Å²) in [5.41, 5.74) is 4.17. The molecule has 1 aliphatic rings. The molecule has 1 atom stereocenters. The van der Waals surface area contributed by atoms with Crippen LogP contribution in [0.25, 0.3) is 22.4 Å². The molecule has 0 spiro atoms. The van der Waals surface area contributed by atoms with Crippen molar-refractivity contribution in [3.63, 3.8) is 0 Å².